The van der Waals surface area contributed by atoms with E-state index in [1.807, 2.05) is 0 Å². The number of hydrogen-bond donors (Lipinski definition) is 0. The maximum Gasteiger partial charge on any atom is 0.299 e. The molecule has 0 amide bonds. The number of fused-ring (bicyclic) bond motifs is 1. The fourth-order valence-corrected chi connectivity index (χ4v) is 1.67. The molecule has 0 aliphatic carbocycles. The molecule has 0 N–H and O–H groups in total. The van der Waals surface area contributed by atoms with Gasteiger partial charge in [0.05, 0.1) is 18.1 Å². The topological polar surface area (TPSA) is 65.3 Å². The van der Waals surface area contributed by atoms with E-state index in [1.165, 1.54) is 19.4 Å². The van der Waals surface area contributed by atoms with Gasteiger partial charge in [-0.15, -0.1) is 0 Å². The zero-order valence-electron chi connectivity index (χ0n) is 9.21. The summed E-state index contributed by atoms with van der Waals surface area (Å²) in [7, 11) is 1.47. The van der Waals surface area contributed by atoms with Crippen LogP contribution in [0.2, 0.25) is 0 Å². The van der Waals surface area contributed by atoms with E-state index in [-0.39, 0.29) is 5.69 Å². The van der Waals surface area contributed by atoms with Crippen molar-refractivity contribution >= 4 is 22.7 Å². The average molecular weight is 230 g/mol. The van der Waals surface area contributed by atoms with Gasteiger partial charge < -0.3 is 4.74 Å². The Bertz CT molecular complexity index is 608. The van der Waals surface area contributed by atoms with Gasteiger partial charge in [0.2, 0.25) is 0 Å². The summed E-state index contributed by atoms with van der Waals surface area (Å²) in [5, 5.41) is 11.6. The highest BCUT2D eigenvalue weighted by Gasteiger charge is 2.16. The van der Waals surface area contributed by atoms with E-state index in [1.54, 1.807) is 18.2 Å². The number of nitrogens with zero attached hydrogens (tertiary/aromatic N) is 2. The van der Waals surface area contributed by atoms with E-state index < -0.39 is 4.92 Å². The van der Waals surface area contributed by atoms with Gasteiger partial charge in [0.1, 0.15) is 11.3 Å². The third kappa shape index (κ3) is 1.82. The molecule has 5 heteroatoms. The summed E-state index contributed by atoms with van der Waals surface area (Å²) in [6.07, 6.45) is 3.16. The first-order chi connectivity index (χ1) is 8.17. The molecule has 2 aromatic rings. The molecule has 0 spiro atoms. The minimum absolute atomic E-state index is 0.0666. The smallest absolute Gasteiger partial charge is 0.299 e. The van der Waals surface area contributed by atoms with Crippen LogP contribution in [-0.2, 0) is 0 Å². The van der Waals surface area contributed by atoms with Gasteiger partial charge in [-0.3, -0.25) is 10.1 Å². The summed E-state index contributed by atoms with van der Waals surface area (Å²) in [4.78, 5) is 14.5. The molecule has 5 nitrogen and oxygen atoms in total. The number of rotatable bonds is 3. The second-order valence-electron chi connectivity index (χ2n) is 3.40. The zero-order valence-corrected chi connectivity index (χ0v) is 9.21. The van der Waals surface area contributed by atoms with Crippen molar-refractivity contribution in [3.05, 3.63) is 46.7 Å². The fourth-order valence-electron chi connectivity index (χ4n) is 1.67. The van der Waals surface area contributed by atoms with Crippen molar-refractivity contribution in [3.63, 3.8) is 0 Å². The predicted molar refractivity (Wildman–Crippen MR) is 65.0 cm³/mol. The number of pyridine rings is 1. The Balaban J connectivity index is 2.89. The van der Waals surface area contributed by atoms with Crippen molar-refractivity contribution in [2.45, 2.75) is 0 Å². The minimum atomic E-state index is -0.468. The van der Waals surface area contributed by atoms with Gasteiger partial charge in [-0.1, -0.05) is 12.7 Å². The Morgan fingerprint density at radius 1 is 1.53 bits per heavy atom. The molecule has 17 heavy (non-hydrogen) atoms. The van der Waals surface area contributed by atoms with Gasteiger partial charge in [0, 0.05) is 11.6 Å². The lowest BCUT2D eigenvalue weighted by Crippen LogP contribution is -1.94. The molecule has 0 bridgehead atoms. The lowest BCUT2D eigenvalue weighted by Gasteiger charge is -2.05. The Labute approximate surface area is 97.5 Å². The molecule has 1 aromatic heterocycles. The van der Waals surface area contributed by atoms with Crippen LogP contribution in [0.3, 0.4) is 0 Å². The van der Waals surface area contributed by atoms with Crippen LogP contribution in [0.15, 0.2) is 31.0 Å². The molecular weight excluding hydrogens is 220 g/mol. The summed E-state index contributed by atoms with van der Waals surface area (Å²) >= 11 is 0. The third-order valence-corrected chi connectivity index (χ3v) is 2.48. The number of aromatic nitrogens is 1. The van der Waals surface area contributed by atoms with Gasteiger partial charge in [-0.25, -0.2) is 4.98 Å². The molecule has 0 saturated carbocycles. The molecule has 0 radical (unpaired) electrons. The van der Waals surface area contributed by atoms with Gasteiger partial charge in [0.25, 0.3) is 5.69 Å². The van der Waals surface area contributed by atoms with Crippen LogP contribution in [-0.4, -0.2) is 17.0 Å². The first-order valence-corrected chi connectivity index (χ1v) is 4.91. The molecule has 0 saturated heterocycles. The number of nitro benzene ring substituents is 1. The number of hydrogen-bond acceptors (Lipinski definition) is 4. The minimum Gasteiger partial charge on any atom is -0.496 e. The van der Waals surface area contributed by atoms with E-state index in [2.05, 4.69) is 11.6 Å². The fraction of sp³-hybridized carbons (Fsp3) is 0.0833. The summed E-state index contributed by atoms with van der Waals surface area (Å²) in [5.74, 6) is 0.431. The maximum absolute atomic E-state index is 11.0. The molecule has 86 valence electrons. The van der Waals surface area contributed by atoms with Crippen molar-refractivity contribution in [3.8, 4) is 5.75 Å². The largest absolute Gasteiger partial charge is 0.496 e. The molecule has 0 aliphatic heterocycles. The van der Waals surface area contributed by atoms with Gasteiger partial charge >= 0.3 is 0 Å². The number of benzene rings is 1. The second-order valence-corrected chi connectivity index (χ2v) is 3.40. The molecular formula is C12H10N2O3. The number of non-ortho nitro benzene ring substituents is 1. The average Bonchev–Trinajstić information content (AvgIpc) is 2.36. The van der Waals surface area contributed by atoms with E-state index in [4.69, 9.17) is 4.74 Å². The molecule has 1 heterocycles. The third-order valence-electron chi connectivity index (χ3n) is 2.48. The van der Waals surface area contributed by atoms with Crippen LogP contribution in [0.25, 0.3) is 17.0 Å². The molecule has 2 rings (SSSR count). The lowest BCUT2D eigenvalue weighted by atomic mass is 10.1. The number of ether oxygens (including phenoxy) is 1. The van der Waals surface area contributed by atoms with E-state index in [0.717, 1.165) is 5.56 Å². The quantitative estimate of drug-likeness (QED) is 0.600. The van der Waals surface area contributed by atoms with Crippen molar-refractivity contribution in [2.75, 3.05) is 7.11 Å². The van der Waals surface area contributed by atoms with Crippen molar-refractivity contribution in [2.24, 2.45) is 0 Å². The molecule has 0 aliphatic rings. The normalized spacial score (nSPS) is 10.2. The van der Waals surface area contributed by atoms with Crippen LogP contribution in [0.1, 0.15) is 5.56 Å². The van der Waals surface area contributed by atoms with Crippen LogP contribution in [0, 0.1) is 10.1 Å². The molecule has 0 atom stereocenters. The lowest BCUT2D eigenvalue weighted by molar-refractivity contribution is -0.383. The van der Waals surface area contributed by atoms with E-state index in [0.29, 0.717) is 16.7 Å². The van der Waals surface area contributed by atoms with Gasteiger partial charge in [0.15, 0.2) is 0 Å². The highest BCUT2D eigenvalue weighted by Crippen LogP contribution is 2.31. The standard InChI is InChI=1S/C12H10N2O3/c1-3-8-4-5-13-12-10(8)6-9(17-2)7-11(12)14(15)16/h3-7H,1H2,2H3. The summed E-state index contributed by atoms with van der Waals surface area (Å²) in [5.41, 5.74) is 1.06. The predicted octanol–water partition coefficient (Wildman–Crippen LogP) is 2.79. The highest BCUT2D eigenvalue weighted by molar-refractivity contribution is 5.94. The van der Waals surface area contributed by atoms with E-state index in [9.17, 15) is 10.1 Å². The van der Waals surface area contributed by atoms with Crippen LogP contribution < -0.4 is 4.74 Å². The summed E-state index contributed by atoms with van der Waals surface area (Å²) < 4.78 is 5.05. The van der Waals surface area contributed by atoms with Gasteiger partial charge in [-0.2, -0.15) is 0 Å². The van der Waals surface area contributed by atoms with Crippen LogP contribution >= 0.6 is 0 Å². The SMILES string of the molecule is C=Cc1ccnc2c([N+](=O)[O-])cc(OC)cc12. The van der Waals surface area contributed by atoms with Crippen LogP contribution in [0.5, 0.6) is 5.75 Å². The maximum atomic E-state index is 11.0. The Kier molecular flexibility index (Phi) is 2.74. The van der Waals surface area contributed by atoms with E-state index >= 15 is 0 Å². The molecule has 0 fully saturated rings. The van der Waals surface area contributed by atoms with Crippen molar-refractivity contribution in [1.29, 1.82) is 0 Å². The molecule has 0 unspecified atom stereocenters. The Hall–Kier alpha value is -2.43. The zero-order chi connectivity index (χ0) is 12.4. The van der Waals surface area contributed by atoms with Crippen molar-refractivity contribution < 1.29 is 9.66 Å². The first kappa shape index (κ1) is 11.1. The number of methoxy groups -OCH3 is 1. The summed E-state index contributed by atoms with van der Waals surface area (Å²) in [6.45, 7) is 3.67. The first-order valence-electron chi connectivity index (χ1n) is 4.91. The van der Waals surface area contributed by atoms with Crippen molar-refractivity contribution in [1.82, 2.24) is 4.98 Å². The monoisotopic (exact) mass is 230 g/mol. The molecule has 1 aromatic carbocycles. The summed E-state index contributed by atoms with van der Waals surface area (Å²) in [6, 6.07) is 4.83. The van der Waals surface area contributed by atoms with Crippen LogP contribution in [0.4, 0.5) is 5.69 Å². The Morgan fingerprint density at radius 2 is 2.29 bits per heavy atom. The highest BCUT2D eigenvalue weighted by atomic mass is 16.6. The second kappa shape index (κ2) is 4.21. The van der Waals surface area contributed by atoms with Gasteiger partial charge in [-0.05, 0) is 17.7 Å². The number of nitro groups is 1. The Morgan fingerprint density at radius 3 is 2.88 bits per heavy atom.